The molecule has 246 valence electrons. The van der Waals surface area contributed by atoms with Crippen LogP contribution in [0.15, 0.2) is 28.2 Å². The van der Waals surface area contributed by atoms with Gasteiger partial charge in [0.25, 0.3) is 0 Å². The van der Waals surface area contributed by atoms with E-state index in [1.54, 1.807) is 83.1 Å². The molecule has 0 aliphatic heterocycles. The van der Waals surface area contributed by atoms with Gasteiger partial charge in [0.2, 0.25) is 11.9 Å². The monoisotopic (exact) mass is 622 g/mol. The van der Waals surface area contributed by atoms with Gasteiger partial charge < -0.3 is 35.5 Å². The van der Waals surface area contributed by atoms with Crippen molar-refractivity contribution in [3.8, 4) is 0 Å². The van der Waals surface area contributed by atoms with Crippen LogP contribution in [0.25, 0.3) is 0 Å². The van der Waals surface area contributed by atoms with Crippen LogP contribution in [0.2, 0.25) is 0 Å². The number of aliphatic hydroxyl groups is 1. The van der Waals surface area contributed by atoms with E-state index in [-0.39, 0.29) is 16.9 Å². The maximum absolute atomic E-state index is 13.4. The van der Waals surface area contributed by atoms with Gasteiger partial charge in [0.05, 0.1) is 18.0 Å². The van der Waals surface area contributed by atoms with Crippen LogP contribution in [0.3, 0.4) is 0 Å². The highest BCUT2D eigenvalue weighted by molar-refractivity contribution is 6.18. The summed E-state index contributed by atoms with van der Waals surface area (Å²) in [6.45, 7) is 18.8. The van der Waals surface area contributed by atoms with Gasteiger partial charge in [0.1, 0.15) is 22.4 Å². The number of nitrogens with two attached hydrogens (primary N) is 2. The lowest BCUT2D eigenvalue weighted by Gasteiger charge is -2.29. The van der Waals surface area contributed by atoms with Gasteiger partial charge in [-0.15, -0.1) is 9.98 Å². The Kier molecular flexibility index (Phi) is 11.9. The molecule has 0 unspecified atom stereocenters. The summed E-state index contributed by atoms with van der Waals surface area (Å²) in [6, 6.07) is 3.90. The predicted octanol–water partition coefficient (Wildman–Crippen LogP) is 5.16. The minimum Gasteiger partial charge on any atom is -0.443 e. The Bertz CT molecular complexity index is 1200. The Labute approximate surface area is 258 Å². The summed E-state index contributed by atoms with van der Waals surface area (Å²) in [5.41, 5.74) is 8.35. The first-order chi connectivity index (χ1) is 19.7. The van der Waals surface area contributed by atoms with Crippen LogP contribution in [0, 0.1) is 0 Å². The van der Waals surface area contributed by atoms with Crippen molar-refractivity contribution in [1.82, 2.24) is 0 Å². The lowest BCUT2D eigenvalue weighted by atomic mass is 10.1. The average molecular weight is 623 g/mol. The van der Waals surface area contributed by atoms with Crippen LogP contribution in [0.1, 0.15) is 88.6 Å². The quantitative estimate of drug-likeness (QED) is 0.228. The van der Waals surface area contributed by atoms with Crippen molar-refractivity contribution in [3.63, 3.8) is 0 Å². The van der Waals surface area contributed by atoms with Crippen molar-refractivity contribution in [2.24, 2.45) is 21.5 Å². The van der Waals surface area contributed by atoms with Crippen LogP contribution in [0.5, 0.6) is 0 Å². The summed E-state index contributed by atoms with van der Waals surface area (Å²) in [5.74, 6) is -1.29. The molecule has 44 heavy (non-hydrogen) atoms. The molecule has 0 atom stereocenters. The van der Waals surface area contributed by atoms with Gasteiger partial charge in [-0.05, 0) is 107 Å². The molecular formula is C29H46N6O9. The maximum atomic E-state index is 13.4. The summed E-state index contributed by atoms with van der Waals surface area (Å²) < 4.78 is 21.4. The number of hydrogen-bond donors (Lipinski definition) is 3. The smallest absolute Gasteiger partial charge is 0.437 e. The van der Waals surface area contributed by atoms with Crippen molar-refractivity contribution in [3.05, 3.63) is 23.8 Å². The Hall–Kier alpha value is -4.40. The highest BCUT2D eigenvalue weighted by Crippen LogP contribution is 2.29. The molecule has 0 aromatic heterocycles. The number of hydrogen-bond acceptors (Lipinski definition) is 9. The standard InChI is InChI=1S/C29H46N6O9/c1-26(2,3)41-22(37)32-20(30)34(24(39)43-28(7,8)9)18-13-17(16-36)14-19(15-18)35(25(40)44-29(10,11)12)21(31)33-23(38)42-27(4,5)6/h13-15,36H,16H2,1-12H3,(H2,30,32,37)(H2,31,33,38). The number of carbonyl (C=O) groups is 4. The summed E-state index contributed by atoms with van der Waals surface area (Å²) in [4.78, 5) is 60.6. The zero-order valence-electron chi connectivity index (χ0n) is 27.6. The molecule has 0 aliphatic carbocycles. The van der Waals surface area contributed by atoms with E-state index in [0.717, 1.165) is 9.80 Å². The van der Waals surface area contributed by atoms with Crippen LogP contribution >= 0.6 is 0 Å². The Morgan fingerprint density at radius 2 is 0.909 bits per heavy atom. The molecule has 1 aromatic carbocycles. The summed E-state index contributed by atoms with van der Waals surface area (Å²) in [6.07, 6.45) is -4.29. The number of aliphatic imine (C=N–C) groups is 2. The van der Waals surface area contributed by atoms with E-state index in [1.807, 2.05) is 0 Å². The Morgan fingerprint density at radius 3 is 1.16 bits per heavy atom. The van der Waals surface area contributed by atoms with Gasteiger partial charge in [0, 0.05) is 0 Å². The number of amides is 4. The van der Waals surface area contributed by atoms with Crippen LogP contribution < -0.4 is 21.3 Å². The fourth-order valence-electron chi connectivity index (χ4n) is 3.14. The SMILES string of the molecule is CC(C)(C)OC(=O)N=C(N)N(C(=O)OC(C)(C)C)c1cc(CO)cc(N(C(=O)OC(C)(C)C)C(N)=NC(=O)OC(C)(C)C)c1. The van der Waals surface area contributed by atoms with E-state index >= 15 is 0 Å². The third-order valence-corrected chi connectivity index (χ3v) is 4.47. The van der Waals surface area contributed by atoms with Crippen molar-refractivity contribution >= 4 is 47.7 Å². The second-order valence-electron chi connectivity index (χ2n) is 13.5. The number of ether oxygens (including phenoxy) is 4. The first-order valence-electron chi connectivity index (χ1n) is 13.7. The van der Waals surface area contributed by atoms with Crippen LogP contribution in [0.4, 0.5) is 30.6 Å². The molecule has 4 amide bonds. The van der Waals surface area contributed by atoms with Gasteiger partial charge >= 0.3 is 24.4 Å². The topological polar surface area (TPSA) is 209 Å². The molecular weight excluding hydrogens is 576 g/mol. The predicted molar refractivity (Wildman–Crippen MR) is 166 cm³/mol. The van der Waals surface area contributed by atoms with Crippen LogP contribution in [-0.4, -0.2) is 63.8 Å². The molecule has 0 saturated carbocycles. The molecule has 15 heteroatoms. The lowest BCUT2D eigenvalue weighted by Crippen LogP contribution is -2.47. The number of carbonyl (C=O) groups excluding carboxylic acids is 4. The molecule has 0 fully saturated rings. The van der Waals surface area contributed by atoms with E-state index in [1.165, 1.54) is 18.2 Å². The van der Waals surface area contributed by atoms with Gasteiger partial charge in [-0.3, -0.25) is 0 Å². The first-order valence-corrected chi connectivity index (χ1v) is 13.7. The van der Waals surface area contributed by atoms with Crippen molar-refractivity contribution < 1.29 is 43.2 Å². The zero-order valence-corrected chi connectivity index (χ0v) is 27.6. The molecule has 0 aliphatic rings. The number of anilines is 2. The second kappa shape index (κ2) is 13.9. The summed E-state index contributed by atoms with van der Waals surface area (Å²) in [7, 11) is 0. The molecule has 0 saturated heterocycles. The third kappa shape index (κ3) is 13.3. The van der Waals surface area contributed by atoms with E-state index in [9.17, 15) is 24.3 Å². The largest absolute Gasteiger partial charge is 0.443 e. The Morgan fingerprint density at radius 1 is 0.614 bits per heavy atom. The van der Waals surface area contributed by atoms with E-state index in [4.69, 9.17) is 30.4 Å². The van der Waals surface area contributed by atoms with E-state index in [0.29, 0.717) is 0 Å². The number of benzene rings is 1. The normalized spacial score (nSPS) is 13.1. The summed E-state index contributed by atoms with van der Waals surface area (Å²) in [5, 5.41) is 10.1. The van der Waals surface area contributed by atoms with Crippen molar-refractivity contribution in [2.45, 2.75) is 112 Å². The maximum Gasteiger partial charge on any atom is 0.437 e. The van der Waals surface area contributed by atoms with E-state index < -0.39 is 65.3 Å². The molecule has 15 nitrogen and oxygen atoms in total. The fraction of sp³-hybridized carbons (Fsp3) is 0.586. The zero-order chi connectivity index (χ0) is 34.4. The summed E-state index contributed by atoms with van der Waals surface area (Å²) >= 11 is 0. The molecule has 0 spiro atoms. The molecule has 0 radical (unpaired) electrons. The highest BCUT2D eigenvalue weighted by atomic mass is 16.6. The second-order valence-corrected chi connectivity index (χ2v) is 13.5. The first kappa shape index (κ1) is 37.6. The fourth-order valence-corrected chi connectivity index (χ4v) is 3.14. The lowest BCUT2D eigenvalue weighted by molar-refractivity contribution is 0.0578. The third-order valence-electron chi connectivity index (χ3n) is 4.47. The molecule has 1 rings (SSSR count). The van der Waals surface area contributed by atoms with Crippen molar-refractivity contribution in [1.29, 1.82) is 0 Å². The van der Waals surface area contributed by atoms with Crippen molar-refractivity contribution in [2.75, 3.05) is 9.80 Å². The number of guanidine groups is 2. The minimum absolute atomic E-state index is 0.107. The molecule has 5 N–H and O–H groups in total. The number of nitrogens with zero attached hydrogens (tertiary/aromatic N) is 4. The molecule has 1 aromatic rings. The van der Waals surface area contributed by atoms with Crippen LogP contribution in [-0.2, 0) is 25.6 Å². The minimum atomic E-state index is -1.09. The van der Waals surface area contributed by atoms with Gasteiger partial charge in [-0.2, -0.15) is 0 Å². The Balaban J connectivity index is 3.95. The average Bonchev–Trinajstić information content (AvgIpc) is 2.73. The number of aliphatic hydroxyl groups excluding tert-OH is 1. The van der Waals surface area contributed by atoms with E-state index in [2.05, 4.69) is 9.98 Å². The highest BCUT2D eigenvalue weighted by Gasteiger charge is 2.32. The van der Waals surface area contributed by atoms with Gasteiger partial charge in [0.15, 0.2) is 0 Å². The van der Waals surface area contributed by atoms with Gasteiger partial charge in [-0.1, -0.05) is 0 Å². The molecule has 0 bridgehead atoms. The number of rotatable bonds is 3. The molecule has 0 heterocycles. The van der Waals surface area contributed by atoms with Gasteiger partial charge in [-0.25, -0.2) is 29.0 Å².